The Bertz CT molecular complexity index is 746. The Hall–Kier alpha value is -2.86. The van der Waals surface area contributed by atoms with Gasteiger partial charge in [-0.05, 0) is 49.2 Å². The molecular formula is C20H22N2O4. The minimum Gasteiger partial charge on any atom is -0.489 e. The number of carboxylic acids is 1. The molecule has 1 heterocycles. The number of aliphatic carboxylic acids is 1. The molecule has 1 saturated heterocycles. The van der Waals surface area contributed by atoms with Crippen LogP contribution >= 0.6 is 0 Å². The van der Waals surface area contributed by atoms with Crippen LogP contribution in [0.2, 0.25) is 0 Å². The van der Waals surface area contributed by atoms with Gasteiger partial charge in [0.05, 0.1) is 6.54 Å². The lowest BCUT2D eigenvalue weighted by Crippen LogP contribution is -2.40. The van der Waals surface area contributed by atoms with Gasteiger partial charge in [-0.3, -0.25) is 14.5 Å². The number of anilines is 1. The molecule has 2 aromatic rings. The first-order valence-corrected chi connectivity index (χ1v) is 8.65. The van der Waals surface area contributed by atoms with Gasteiger partial charge in [-0.25, -0.2) is 0 Å². The molecule has 1 unspecified atom stereocenters. The lowest BCUT2D eigenvalue weighted by atomic mass is 10.2. The number of benzene rings is 2. The highest BCUT2D eigenvalue weighted by atomic mass is 16.5. The zero-order valence-corrected chi connectivity index (χ0v) is 14.4. The summed E-state index contributed by atoms with van der Waals surface area (Å²) in [5.74, 6) is -0.358. The third-order valence-corrected chi connectivity index (χ3v) is 4.38. The molecule has 0 spiro atoms. The predicted molar refractivity (Wildman–Crippen MR) is 98.1 cm³/mol. The van der Waals surface area contributed by atoms with Gasteiger partial charge in [-0.1, -0.05) is 30.3 Å². The molecule has 0 bridgehead atoms. The van der Waals surface area contributed by atoms with E-state index in [9.17, 15) is 9.59 Å². The Morgan fingerprint density at radius 1 is 1.12 bits per heavy atom. The second-order valence-electron chi connectivity index (χ2n) is 6.31. The Balaban J connectivity index is 1.49. The summed E-state index contributed by atoms with van der Waals surface area (Å²) in [6, 6.07) is 16.5. The van der Waals surface area contributed by atoms with Gasteiger partial charge in [0.15, 0.2) is 0 Å². The van der Waals surface area contributed by atoms with Crippen molar-refractivity contribution in [1.29, 1.82) is 0 Å². The maximum absolute atomic E-state index is 12.2. The summed E-state index contributed by atoms with van der Waals surface area (Å²) in [6.45, 7) is 1.21. The maximum atomic E-state index is 12.2. The molecule has 6 heteroatoms. The van der Waals surface area contributed by atoms with E-state index in [2.05, 4.69) is 5.32 Å². The van der Waals surface area contributed by atoms with Gasteiger partial charge in [-0.2, -0.15) is 0 Å². The molecule has 1 atom stereocenters. The fraction of sp³-hybridized carbons (Fsp3) is 0.300. The number of carboxylic acid groups (broad SMARTS) is 1. The molecule has 2 N–H and O–H groups in total. The van der Waals surface area contributed by atoms with Crippen LogP contribution in [0.4, 0.5) is 5.69 Å². The maximum Gasteiger partial charge on any atom is 0.320 e. The van der Waals surface area contributed by atoms with Crippen LogP contribution in [-0.2, 0) is 16.2 Å². The Morgan fingerprint density at radius 3 is 2.54 bits per heavy atom. The highest BCUT2D eigenvalue weighted by Crippen LogP contribution is 2.19. The summed E-state index contributed by atoms with van der Waals surface area (Å²) < 4.78 is 5.71. The molecule has 1 amide bonds. The second-order valence-corrected chi connectivity index (χ2v) is 6.31. The van der Waals surface area contributed by atoms with Crippen LogP contribution in [0.5, 0.6) is 5.75 Å². The van der Waals surface area contributed by atoms with E-state index in [1.807, 2.05) is 30.3 Å². The van der Waals surface area contributed by atoms with Gasteiger partial charge in [0.25, 0.3) is 0 Å². The third-order valence-electron chi connectivity index (χ3n) is 4.38. The molecule has 26 heavy (non-hydrogen) atoms. The van der Waals surface area contributed by atoms with Gasteiger partial charge in [0, 0.05) is 5.69 Å². The first-order chi connectivity index (χ1) is 12.6. The predicted octanol–water partition coefficient (Wildman–Crippen LogP) is 2.75. The fourth-order valence-corrected chi connectivity index (χ4v) is 3.06. The number of carbonyl (C=O) groups excluding carboxylic acids is 1. The molecule has 0 aliphatic carbocycles. The number of amides is 1. The lowest BCUT2D eigenvalue weighted by molar-refractivity contribution is -0.142. The van der Waals surface area contributed by atoms with Gasteiger partial charge >= 0.3 is 5.97 Å². The topological polar surface area (TPSA) is 78.9 Å². The molecule has 0 saturated carbocycles. The summed E-state index contributed by atoms with van der Waals surface area (Å²) in [7, 11) is 0. The number of nitrogens with one attached hydrogen (secondary N) is 1. The Kier molecular flexibility index (Phi) is 5.86. The van der Waals surface area contributed by atoms with Crippen LogP contribution < -0.4 is 10.1 Å². The van der Waals surface area contributed by atoms with Crippen molar-refractivity contribution in [2.45, 2.75) is 25.5 Å². The van der Waals surface area contributed by atoms with Crippen LogP contribution in [0.15, 0.2) is 54.6 Å². The standard InChI is InChI=1S/C20H22N2O4/c23-19(13-22-12-4-7-18(22)20(24)25)21-16-8-10-17(11-9-16)26-14-15-5-2-1-3-6-15/h1-3,5-6,8-11,18H,4,7,12-14H2,(H,21,23)(H,24,25). The number of carbonyl (C=O) groups is 2. The van der Waals surface area contributed by atoms with Crippen LogP contribution in [0.25, 0.3) is 0 Å². The molecule has 0 radical (unpaired) electrons. The van der Waals surface area contributed by atoms with E-state index in [1.165, 1.54) is 0 Å². The second kappa shape index (κ2) is 8.49. The van der Waals surface area contributed by atoms with Crippen LogP contribution in [0.1, 0.15) is 18.4 Å². The van der Waals surface area contributed by atoms with Crippen molar-refractivity contribution in [3.05, 3.63) is 60.2 Å². The molecule has 1 aliphatic heterocycles. The summed E-state index contributed by atoms with van der Waals surface area (Å²) in [6.07, 6.45) is 1.40. The highest BCUT2D eigenvalue weighted by Gasteiger charge is 2.31. The molecule has 0 aromatic heterocycles. The van der Waals surface area contributed by atoms with Gasteiger partial charge < -0.3 is 15.2 Å². The van der Waals surface area contributed by atoms with Gasteiger partial charge in [0.1, 0.15) is 18.4 Å². The quantitative estimate of drug-likeness (QED) is 0.799. The van der Waals surface area contributed by atoms with E-state index < -0.39 is 12.0 Å². The smallest absolute Gasteiger partial charge is 0.320 e. The number of ether oxygens (including phenoxy) is 1. The number of rotatable bonds is 7. The first-order valence-electron chi connectivity index (χ1n) is 8.65. The molecule has 2 aromatic carbocycles. The average Bonchev–Trinajstić information content (AvgIpc) is 3.10. The minimum absolute atomic E-state index is 0.0865. The van der Waals surface area contributed by atoms with Crippen molar-refractivity contribution in [2.24, 2.45) is 0 Å². The zero-order valence-electron chi connectivity index (χ0n) is 14.4. The minimum atomic E-state index is -0.866. The van der Waals surface area contributed by atoms with E-state index in [0.717, 1.165) is 17.7 Å². The summed E-state index contributed by atoms with van der Waals surface area (Å²) in [5.41, 5.74) is 1.75. The van der Waals surface area contributed by atoms with Crippen LogP contribution in [-0.4, -0.2) is 41.0 Å². The van der Waals surface area contributed by atoms with Crippen LogP contribution in [0.3, 0.4) is 0 Å². The van der Waals surface area contributed by atoms with E-state index in [0.29, 0.717) is 25.3 Å². The molecule has 136 valence electrons. The Morgan fingerprint density at radius 2 is 1.85 bits per heavy atom. The van der Waals surface area contributed by atoms with Crippen molar-refractivity contribution in [2.75, 3.05) is 18.4 Å². The number of hydrogen-bond acceptors (Lipinski definition) is 4. The summed E-state index contributed by atoms with van der Waals surface area (Å²) in [4.78, 5) is 25.0. The van der Waals surface area contributed by atoms with Crippen molar-refractivity contribution in [3.8, 4) is 5.75 Å². The largest absolute Gasteiger partial charge is 0.489 e. The van der Waals surface area contributed by atoms with Crippen molar-refractivity contribution < 1.29 is 19.4 Å². The van der Waals surface area contributed by atoms with E-state index in [1.54, 1.807) is 29.2 Å². The van der Waals surface area contributed by atoms with Gasteiger partial charge in [-0.15, -0.1) is 0 Å². The van der Waals surface area contributed by atoms with Crippen molar-refractivity contribution >= 4 is 17.6 Å². The molecular weight excluding hydrogens is 332 g/mol. The Labute approximate surface area is 152 Å². The van der Waals surface area contributed by atoms with Crippen LogP contribution in [0, 0.1) is 0 Å². The zero-order chi connectivity index (χ0) is 18.4. The summed E-state index contributed by atoms with van der Waals surface area (Å²) >= 11 is 0. The van der Waals surface area contributed by atoms with E-state index in [4.69, 9.17) is 9.84 Å². The highest BCUT2D eigenvalue weighted by molar-refractivity contribution is 5.92. The first kappa shape index (κ1) is 17.9. The van der Waals surface area contributed by atoms with E-state index in [-0.39, 0.29) is 12.5 Å². The van der Waals surface area contributed by atoms with Crippen molar-refractivity contribution in [3.63, 3.8) is 0 Å². The van der Waals surface area contributed by atoms with Crippen molar-refractivity contribution in [1.82, 2.24) is 4.90 Å². The monoisotopic (exact) mass is 354 g/mol. The lowest BCUT2D eigenvalue weighted by Gasteiger charge is -2.20. The molecule has 6 nitrogen and oxygen atoms in total. The number of nitrogens with zero attached hydrogens (tertiary/aromatic N) is 1. The fourth-order valence-electron chi connectivity index (χ4n) is 3.06. The number of hydrogen-bond donors (Lipinski definition) is 2. The summed E-state index contributed by atoms with van der Waals surface area (Å²) in [5, 5.41) is 12.0. The molecule has 3 rings (SSSR count). The molecule has 1 fully saturated rings. The average molecular weight is 354 g/mol. The SMILES string of the molecule is O=C(CN1CCCC1C(=O)O)Nc1ccc(OCc2ccccc2)cc1. The van der Waals surface area contributed by atoms with Gasteiger partial charge in [0.2, 0.25) is 5.91 Å². The normalized spacial score (nSPS) is 17.0. The third kappa shape index (κ3) is 4.83. The molecule has 1 aliphatic rings. The van der Waals surface area contributed by atoms with E-state index >= 15 is 0 Å². The number of likely N-dealkylation sites (tertiary alicyclic amines) is 1.